The Bertz CT molecular complexity index is 687. The second kappa shape index (κ2) is 16.1. The molecule has 37 heavy (non-hydrogen) atoms. The Hall–Kier alpha value is -0.290. The summed E-state index contributed by atoms with van der Waals surface area (Å²) in [6.07, 6.45) is -8.39. The highest BCUT2D eigenvalue weighted by atomic mass is 31.2. The maximum atomic E-state index is 12.2. The Morgan fingerprint density at radius 2 is 1.38 bits per heavy atom. The number of hydrogen-bond donors (Lipinski definition) is 7. The minimum Gasteiger partial charge on any atom is -0.756 e. The number of aliphatic hydroxyl groups excluding tert-OH is 6. The zero-order valence-electron chi connectivity index (χ0n) is 21.1. The number of ether oxygens (including phenoxy) is 3. The SMILES string of the molecule is CCCCCCCCCCOP(=O)([O-])O[C@H]1O[C@H](CO)[C@@H](O[C@@H]2O[C@H](CN)[C@H](O)[C@H](O)[C@H]2O)[C@H](O)[C@@H]1O. The Kier molecular flexibility index (Phi) is 14.3. The Balaban J connectivity index is 1.86. The van der Waals surface area contributed by atoms with E-state index in [0.29, 0.717) is 6.42 Å². The number of nitrogens with two attached hydrogens (primary N) is 1. The fourth-order valence-electron chi connectivity index (χ4n) is 4.26. The van der Waals surface area contributed by atoms with Gasteiger partial charge in [0.05, 0.1) is 13.2 Å². The summed E-state index contributed by atoms with van der Waals surface area (Å²) in [5.41, 5.74) is 5.49. The molecule has 15 heteroatoms. The van der Waals surface area contributed by atoms with Gasteiger partial charge in [0, 0.05) is 6.54 Å². The fraction of sp³-hybridized carbons (Fsp3) is 1.00. The van der Waals surface area contributed by atoms with Gasteiger partial charge in [-0.2, -0.15) is 0 Å². The van der Waals surface area contributed by atoms with Crippen molar-refractivity contribution in [3.05, 3.63) is 0 Å². The molecule has 11 atom stereocenters. The number of phosphoric acid groups is 1. The van der Waals surface area contributed by atoms with E-state index in [9.17, 15) is 40.1 Å². The molecule has 0 radical (unpaired) electrons. The summed E-state index contributed by atoms with van der Waals surface area (Å²) < 4.78 is 38.0. The smallest absolute Gasteiger partial charge is 0.270 e. The summed E-state index contributed by atoms with van der Waals surface area (Å²) in [4.78, 5) is 12.2. The van der Waals surface area contributed by atoms with Crippen LogP contribution in [0.2, 0.25) is 0 Å². The van der Waals surface area contributed by atoms with Crippen molar-refractivity contribution in [3.63, 3.8) is 0 Å². The first-order valence-corrected chi connectivity index (χ1v) is 14.3. The molecule has 8 N–H and O–H groups in total. The normalized spacial score (nSPS) is 38.4. The zero-order valence-corrected chi connectivity index (χ0v) is 22.0. The molecule has 0 aromatic rings. The van der Waals surface area contributed by atoms with Crippen LogP contribution in [0.15, 0.2) is 0 Å². The third-order valence-corrected chi connectivity index (χ3v) is 7.46. The van der Waals surface area contributed by atoms with Crippen LogP contribution in [0.1, 0.15) is 58.3 Å². The van der Waals surface area contributed by atoms with Gasteiger partial charge in [-0.05, 0) is 6.42 Å². The number of unbranched alkanes of at least 4 members (excludes halogenated alkanes) is 7. The predicted octanol–water partition coefficient (Wildman–Crippen LogP) is -1.78. The van der Waals surface area contributed by atoms with Crippen molar-refractivity contribution in [2.75, 3.05) is 19.8 Å². The van der Waals surface area contributed by atoms with Crippen LogP contribution in [-0.4, -0.2) is 112 Å². The van der Waals surface area contributed by atoms with Gasteiger partial charge in [-0.25, -0.2) is 0 Å². The van der Waals surface area contributed by atoms with Crippen molar-refractivity contribution in [2.24, 2.45) is 5.73 Å². The van der Waals surface area contributed by atoms with Gasteiger partial charge in [0.15, 0.2) is 12.6 Å². The Labute approximate surface area is 216 Å². The quantitative estimate of drug-likeness (QED) is 0.0817. The molecular formula is C22H43NO13P-. The maximum Gasteiger partial charge on any atom is 0.270 e. The third-order valence-electron chi connectivity index (χ3n) is 6.49. The van der Waals surface area contributed by atoms with Gasteiger partial charge >= 0.3 is 0 Å². The van der Waals surface area contributed by atoms with E-state index in [4.69, 9.17) is 29.0 Å². The van der Waals surface area contributed by atoms with E-state index >= 15 is 0 Å². The first-order chi connectivity index (χ1) is 17.6. The molecule has 2 rings (SSSR count). The molecule has 2 saturated heterocycles. The molecule has 2 heterocycles. The van der Waals surface area contributed by atoms with Crippen molar-refractivity contribution in [2.45, 2.75) is 120 Å². The minimum atomic E-state index is -4.93. The Morgan fingerprint density at radius 3 is 1.97 bits per heavy atom. The summed E-state index contributed by atoms with van der Waals surface area (Å²) in [5, 5.41) is 60.8. The second-order valence-electron chi connectivity index (χ2n) is 9.42. The molecule has 0 saturated carbocycles. The van der Waals surface area contributed by atoms with Crippen LogP contribution in [0.5, 0.6) is 0 Å². The van der Waals surface area contributed by atoms with Gasteiger partial charge in [-0.15, -0.1) is 0 Å². The number of aliphatic hydroxyl groups is 6. The lowest BCUT2D eigenvalue weighted by molar-refractivity contribution is -0.355. The first kappa shape index (κ1) is 32.9. The molecule has 220 valence electrons. The highest BCUT2D eigenvalue weighted by Gasteiger charge is 2.51. The van der Waals surface area contributed by atoms with Crippen molar-refractivity contribution in [3.8, 4) is 0 Å². The van der Waals surface area contributed by atoms with E-state index in [1.54, 1.807) is 0 Å². The van der Waals surface area contributed by atoms with E-state index in [1.807, 2.05) is 0 Å². The average molecular weight is 561 g/mol. The van der Waals surface area contributed by atoms with Gasteiger partial charge in [0.25, 0.3) is 7.82 Å². The summed E-state index contributed by atoms with van der Waals surface area (Å²) in [7, 11) is -4.93. The highest BCUT2D eigenvalue weighted by Crippen LogP contribution is 2.43. The Morgan fingerprint density at radius 1 is 0.811 bits per heavy atom. The summed E-state index contributed by atoms with van der Waals surface area (Å²) >= 11 is 0. The van der Waals surface area contributed by atoms with E-state index in [-0.39, 0.29) is 13.2 Å². The predicted molar refractivity (Wildman–Crippen MR) is 126 cm³/mol. The van der Waals surface area contributed by atoms with Gasteiger partial charge in [0.1, 0.15) is 48.8 Å². The van der Waals surface area contributed by atoms with Crippen molar-refractivity contribution in [1.82, 2.24) is 0 Å². The summed E-state index contributed by atoms with van der Waals surface area (Å²) in [6, 6.07) is 0. The van der Waals surface area contributed by atoms with Crippen molar-refractivity contribution >= 4 is 7.82 Å². The molecule has 2 aliphatic heterocycles. The van der Waals surface area contributed by atoms with Crippen LogP contribution in [0, 0.1) is 0 Å². The second-order valence-corrected chi connectivity index (χ2v) is 10.8. The number of rotatable bonds is 16. The van der Waals surface area contributed by atoms with Gasteiger partial charge < -0.3 is 60.0 Å². The summed E-state index contributed by atoms with van der Waals surface area (Å²) in [6.45, 7) is 0.992. The lowest BCUT2D eigenvalue weighted by atomic mass is 9.97. The van der Waals surface area contributed by atoms with Crippen LogP contribution in [0.25, 0.3) is 0 Å². The fourth-order valence-corrected chi connectivity index (χ4v) is 5.10. The number of hydrogen-bond acceptors (Lipinski definition) is 14. The summed E-state index contributed by atoms with van der Waals surface area (Å²) in [5.74, 6) is 0. The van der Waals surface area contributed by atoms with Gasteiger partial charge in [-0.3, -0.25) is 9.09 Å². The molecule has 0 aliphatic carbocycles. The third kappa shape index (κ3) is 9.69. The highest BCUT2D eigenvalue weighted by molar-refractivity contribution is 7.45. The zero-order chi connectivity index (χ0) is 27.6. The lowest BCUT2D eigenvalue weighted by Crippen LogP contribution is -2.65. The number of phosphoric ester groups is 1. The molecule has 2 fully saturated rings. The maximum absolute atomic E-state index is 12.2. The largest absolute Gasteiger partial charge is 0.756 e. The van der Waals surface area contributed by atoms with E-state index in [1.165, 1.54) is 12.8 Å². The van der Waals surface area contributed by atoms with Crippen LogP contribution in [-0.2, 0) is 27.8 Å². The van der Waals surface area contributed by atoms with Crippen molar-refractivity contribution in [1.29, 1.82) is 0 Å². The topological polar surface area (TPSA) is 234 Å². The van der Waals surface area contributed by atoms with Crippen LogP contribution >= 0.6 is 7.82 Å². The minimum absolute atomic E-state index is 0.121. The average Bonchev–Trinajstić information content (AvgIpc) is 2.87. The molecule has 0 bridgehead atoms. The lowest BCUT2D eigenvalue weighted by Gasteiger charge is -2.46. The van der Waals surface area contributed by atoms with Crippen LogP contribution in [0.3, 0.4) is 0 Å². The first-order valence-electron chi connectivity index (χ1n) is 12.9. The standard InChI is InChI=1S/C22H44NO13P/c1-2-3-4-5-6-7-8-9-10-32-37(30,31)36-22-19(29)17(27)20(14(12-24)34-22)35-21-18(28)16(26)15(25)13(11-23)33-21/h13-22,24-29H,2-12,23H2,1H3,(H,30,31)/p-1/t13-,14-,15+,16+,17-,18-,19+,20-,21+,22-/m1/s1. The van der Waals surface area contributed by atoms with Gasteiger partial charge in [-0.1, -0.05) is 51.9 Å². The molecule has 2 aliphatic rings. The van der Waals surface area contributed by atoms with Gasteiger partial charge in [0.2, 0.25) is 0 Å². The van der Waals surface area contributed by atoms with E-state index in [0.717, 1.165) is 32.1 Å². The molecule has 1 unspecified atom stereocenters. The molecule has 0 amide bonds. The van der Waals surface area contributed by atoms with Crippen LogP contribution in [0.4, 0.5) is 0 Å². The molecule has 0 aromatic carbocycles. The monoisotopic (exact) mass is 560 g/mol. The van der Waals surface area contributed by atoms with E-state index in [2.05, 4.69) is 6.92 Å². The molecular weight excluding hydrogens is 517 g/mol. The van der Waals surface area contributed by atoms with E-state index < -0.39 is 75.8 Å². The molecule has 0 spiro atoms. The molecule has 14 nitrogen and oxygen atoms in total. The van der Waals surface area contributed by atoms with Crippen LogP contribution < -0.4 is 10.6 Å². The molecule has 0 aromatic heterocycles. The van der Waals surface area contributed by atoms with Crippen molar-refractivity contribution < 1.29 is 63.4 Å².